The number of nitro benzene ring substituents is 1. The van der Waals surface area contributed by atoms with Gasteiger partial charge in [-0.05, 0) is 13.0 Å². The topological polar surface area (TPSA) is 95.8 Å². The van der Waals surface area contributed by atoms with Gasteiger partial charge in [-0.1, -0.05) is 6.07 Å². The van der Waals surface area contributed by atoms with E-state index in [2.05, 4.69) is 5.32 Å². The zero-order valence-corrected chi connectivity index (χ0v) is 13.9. The summed E-state index contributed by atoms with van der Waals surface area (Å²) in [6.45, 7) is 1.71. The molecule has 1 aliphatic heterocycles. The number of urea groups is 1. The standard InChI is InChI=1S/C15H17F3N4O4/c1-10-2-3-11(8-12(10)22(25)26)19-14(24)21-6-4-20(5-7-21)13(23)9-15(16,17)18/h2-3,8H,4-7,9H2,1H3,(H,19,24). The zero-order valence-electron chi connectivity index (χ0n) is 13.9. The minimum atomic E-state index is -4.56. The molecule has 0 saturated carbocycles. The number of carbonyl (C=O) groups excluding carboxylic acids is 2. The van der Waals surface area contributed by atoms with E-state index in [0.717, 1.165) is 4.90 Å². The Bertz CT molecular complexity index is 715. The van der Waals surface area contributed by atoms with E-state index in [4.69, 9.17) is 0 Å². The quantitative estimate of drug-likeness (QED) is 0.650. The van der Waals surface area contributed by atoms with Gasteiger partial charge in [0.2, 0.25) is 5.91 Å². The van der Waals surface area contributed by atoms with Crippen LogP contribution in [0.1, 0.15) is 12.0 Å². The SMILES string of the molecule is Cc1ccc(NC(=O)N2CCN(C(=O)CC(F)(F)F)CC2)cc1[N+](=O)[O-]. The molecule has 142 valence electrons. The number of carbonyl (C=O) groups is 2. The Balaban J connectivity index is 1.92. The lowest BCUT2D eigenvalue weighted by molar-refractivity contribution is -0.385. The van der Waals surface area contributed by atoms with Crippen molar-refractivity contribution in [1.29, 1.82) is 0 Å². The maximum Gasteiger partial charge on any atom is 0.397 e. The third-order valence-electron chi connectivity index (χ3n) is 3.93. The average Bonchev–Trinajstić information content (AvgIpc) is 2.55. The summed E-state index contributed by atoms with van der Waals surface area (Å²) in [5.41, 5.74) is 0.554. The molecule has 0 aromatic heterocycles. The zero-order chi connectivity index (χ0) is 19.5. The fourth-order valence-electron chi connectivity index (χ4n) is 2.53. The fourth-order valence-corrected chi connectivity index (χ4v) is 2.53. The second kappa shape index (κ2) is 7.58. The lowest BCUT2D eigenvalue weighted by Gasteiger charge is -2.34. The number of hydrogen-bond acceptors (Lipinski definition) is 4. The van der Waals surface area contributed by atoms with Crippen LogP contribution in [0.2, 0.25) is 0 Å². The second-order valence-electron chi connectivity index (χ2n) is 5.85. The van der Waals surface area contributed by atoms with Crippen LogP contribution in [0.5, 0.6) is 0 Å². The number of rotatable bonds is 3. The van der Waals surface area contributed by atoms with E-state index in [0.29, 0.717) is 5.56 Å². The van der Waals surface area contributed by atoms with Gasteiger partial charge in [-0.25, -0.2) is 4.79 Å². The number of hydrogen-bond donors (Lipinski definition) is 1. The first kappa shape index (κ1) is 19.5. The molecule has 11 heteroatoms. The number of nitrogens with zero attached hydrogens (tertiary/aromatic N) is 3. The summed E-state index contributed by atoms with van der Waals surface area (Å²) >= 11 is 0. The molecule has 8 nitrogen and oxygen atoms in total. The largest absolute Gasteiger partial charge is 0.397 e. The van der Waals surface area contributed by atoms with Crippen molar-refractivity contribution in [3.8, 4) is 0 Å². The van der Waals surface area contributed by atoms with Gasteiger partial charge in [0, 0.05) is 43.5 Å². The number of halogens is 3. The molecular weight excluding hydrogens is 357 g/mol. The predicted octanol–water partition coefficient (Wildman–Crippen LogP) is 2.53. The van der Waals surface area contributed by atoms with E-state index in [1.54, 1.807) is 6.92 Å². The third kappa shape index (κ3) is 5.07. The molecule has 0 bridgehead atoms. The Hall–Kier alpha value is -2.85. The highest BCUT2D eigenvalue weighted by Crippen LogP contribution is 2.23. The van der Waals surface area contributed by atoms with Gasteiger partial charge in [0.05, 0.1) is 4.92 Å². The Morgan fingerprint density at radius 2 is 1.77 bits per heavy atom. The molecule has 3 amide bonds. The van der Waals surface area contributed by atoms with E-state index < -0.39 is 29.5 Å². The van der Waals surface area contributed by atoms with Crippen molar-refractivity contribution < 1.29 is 27.7 Å². The first-order chi connectivity index (χ1) is 12.1. The number of amides is 3. The van der Waals surface area contributed by atoms with Crippen LogP contribution in [0.15, 0.2) is 18.2 Å². The number of nitrogens with one attached hydrogen (secondary N) is 1. The van der Waals surface area contributed by atoms with Gasteiger partial charge < -0.3 is 15.1 Å². The van der Waals surface area contributed by atoms with Crippen molar-refractivity contribution in [3.05, 3.63) is 33.9 Å². The summed E-state index contributed by atoms with van der Waals surface area (Å²) in [6.07, 6.45) is -6.09. The molecule has 0 spiro atoms. The van der Waals surface area contributed by atoms with Crippen LogP contribution in [-0.2, 0) is 4.79 Å². The van der Waals surface area contributed by atoms with Gasteiger partial charge in [0.1, 0.15) is 6.42 Å². The van der Waals surface area contributed by atoms with Crippen LogP contribution in [0.4, 0.5) is 29.3 Å². The third-order valence-corrected chi connectivity index (χ3v) is 3.93. The number of aryl methyl sites for hydroxylation is 1. The first-order valence-electron chi connectivity index (χ1n) is 7.72. The molecule has 1 fully saturated rings. The van der Waals surface area contributed by atoms with Crippen LogP contribution in [0.3, 0.4) is 0 Å². The van der Waals surface area contributed by atoms with Gasteiger partial charge in [-0.3, -0.25) is 14.9 Å². The maximum atomic E-state index is 12.3. The van der Waals surface area contributed by atoms with Crippen molar-refractivity contribution in [1.82, 2.24) is 9.80 Å². The smallest absolute Gasteiger partial charge is 0.339 e. The molecule has 1 aromatic rings. The Kier molecular flexibility index (Phi) is 5.68. The van der Waals surface area contributed by atoms with Gasteiger partial charge >= 0.3 is 12.2 Å². The summed E-state index contributed by atoms with van der Waals surface area (Å²) in [5, 5.41) is 13.4. The van der Waals surface area contributed by atoms with Crippen molar-refractivity contribution in [2.75, 3.05) is 31.5 Å². The summed E-state index contributed by atoms with van der Waals surface area (Å²) < 4.78 is 36.8. The molecule has 1 aliphatic rings. The average molecular weight is 374 g/mol. The van der Waals surface area contributed by atoms with Crippen LogP contribution in [0, 0.1) is 17.0 Å². The van der Waals surface area contributed by atoms with Crippen molar-refractivity contribution in [2.45, 2.75) is 19.5 Å². The lowest BCUT2D eigenvalue weighted by Crippen LogP contribution is -2.52. The van der Waals surface area contributed by atoms with E-state index in [9.17, 15) is 32.9 Å². The van der Waals surface area contributed by atoms with E-state index in [1.165, 1.54) is 23.1 Å². The minimum absolute atomic E-state index is 0.00359. The molecule has 1 heterocycles. The van der Waals surface area contributed by atoms with E-state index in [1.807, 2.05) is 0 Å². The normalized spacial score (nSPS) is 14.9. The van der Waals surface area contributed by atoms with Crippen molar-refractivity contribution >= 4 is 23.3 Å². The Morgan fingerprint density at radius 3 is 2.31 bits per heavy atom. The Morgan fingerprint density at radius 1 is 1.19 bits per heavy atom. The van der Waals surface area contributed by atoms with Crippen molar-refractivity contribution in [2.24, 2.45) is 0 Å². The van der Waals surface area contributed by atoms with Crippen LogP contribution in [0.25, 0.3) is 0 Å². The van der Waals surface area contributed by atoms with Crippen LogP contribution >= 0.6 is 0 Å². The van der Waals surface area contributed by atoms with E-state index >= 15 is 0 Å². The molecule has 0 radical (unpaired) electrons. The fraction of sp³-hybridized carbons (Fsp3) is 0.467. The number of benzene rings is 1. The summed E-state index contributed by atoms with van der Waals surface area (Å²) in [4.78, 5) is 36.5. The second-order valence-corrected chi connectivity index (χ2v) is 5.85. The molecule has 0 unspecified atom stereocenters. The number of nitro groups is 1. The highest BCUT2D eigenvalue weighted by molar-refractivity contribution is 5.90. The van der Waals surface area contributed by atoms with Gasteiger partial charge in [0.15, 0.2) is 0 Å². The van der Waals surface area contributed by atoms with Crippen LogP contribution < -0.4 is 5.32 Å². The van der Waals surface area contributed by atoms with E-state index in [-0.39, 0.29) is 37.6 Å². The van der Waals surface area contributed by atoms with Gasteiger partial charge in [-0.2, -0.15) is 13.2 Å². The molecule has 1 N–H and O–H groups in total. The highest BCUT2D eigenvalue weighted by Gasteiger charge is 2.34. The summed E-state index contributed by atoms with van der Waals surface area (Å²) in [5.74, 6) is -1.02. The summed E-state index contributed by atoms with van der Waals surface area (Å²) in [6, 6.07) is 3.72. The summed E-state index contributed by atoms with van der Waals surface area (Å²) in [7, 11) is 0. The first-order valence-corrected chi connectivity index (χ1v) is 7.72. The van der Waals surface area contributed by atoms with Gasteiger partial charge in [0.25, 0.3) is 5.69 Å². The maximum absolute atomic E-state index is 12.3. The number of alkyl halides is 3. The van der Waals surface area contributed by atoms with Gasteiger partial charge in [-0.15, -0.1) is 0 Å². The molecular formula is C15H17F3N4O4. The lowest BCUT2D eigenvalue weighted by atomic mass is 10.2. The Labute approximate surface area is 146 Å². The molecule has 26 heavy (non-hydrogen) atoms. The molecule has 1 saturated heterocycles. The molecule has 0 aliphatic carbocycles. The molecule has 2 rings (SSSR count). The molecule has 1 aromatic carbocycles. The van der Waals surface area contributed by atoms with Crippen molar-refractivity contribution in [3.63, 3.8) is 0 Å². The number of anilines is 1. The predicted molar refractivity (Wildman–Crippen MR) is 85.7 cm³/mol. The number of piperazine rings is 1. The van der Waals surface area contributed by atoms with Crippen LogP contribution in [-0.4, -0.2) is 59.0 Å². The minimum Gasteiger partial charge on any atom is -0.339 e. The highest BCUT2D eigenvalue weighted by atomic mass is 19.4. The monoisotopic (exact) mass is 374 g/mol. The molecule has 0 atom stereocenters.